The Labute approximate surface area is 167 Å². The lowest BCUT2D eigenvalue weighted by Crippen LogP contribution is -2.13. The highest BCUT2D eigenvalue weighted by atomic mass is 79.9. The van der Waals surface area contributed by atoms with E-state index in [0.717, 1.165) is 12.0 Å². The Morgan fingerprint density at radius 2 is 2.00 bits per heavy atom. The molecule has 0 spiro atoms. The number of carbonyl (C=O) groups excluding carboxylic acids is 1. The highest BCUT2D eigenvalue weighted by Crippen LogP contribution is 2.37. The zero-order chi connectivity index (χ0) is 19.8. The molecular weight excluding hydrogens is 408 g/mol. The van der Waals surface area contributed by atoms with Crippen molar-refractivity contribution in [2.24, 2.45) is 0 Å². The molecule has 1 amide bonds. The van der Waals surface area contributed by atoms with E-state index in [4.69, 9.17) is 9.47 Å². The number of nitrogens with zero attached hydrogens (tertiary/aromatic N) is 1. The Bertz CT molecular complexity index is 884. The maximum atomic E-state index is 12.4. The smallest absolute Gasteiger partial charge is 0.266 e. The van der Waals surface area contributed by atoms with Gasteiger partial charge >= 0.3 is 0 Å². The van der Waals surface area contributed by atoms with E-state index in [0.29, 0.717) is 33.8 Å². The monoisotopic (exact) mass is 428 g/mol. The zero-order valence-corrected chi connectivity index (χ0v) is 17.1. The van der Waals surface area contributed by atoms with Gasteiger partial charge < -0.3 is 14.8 Å². The van der Waals surface area contributed by atoms with Gasteiger partial charge in [-0.05, 0) is 65.2 Å². The Morgan fingerprint density at radius 3 is 2.59 bits per heavy atom. The standard InChI is InChI=1S/C21H21BrN2O3/c1-4-9-27-20-18(22)11-15(12-19(20)26-3)10-16(13-23)21(25)24-17-7-5-14(2)6-8-17/h5-8,10-12H,4,9H2,1-3H3,(H,24,25)/b16-10-. The van der Waals surface area contributed by atoms with Crippen LogP contribution in [0.15, 0.2) is 46.4 Å². The van der Waals surface area contributed by atoms with Gasteiger partial charge in [0.15, 0.2) is 11.5 Å². The van der Waals surface area contributed by atoms with E-state index in [1.165, 1.54) is 6.08 Å². The molecule has 2 rings (SSSR count). The molecule has 27 heavy (non-hydrogen) atoms. The van der Waals surface area contributed by atoms with Crippen LogP contribution in [-0.2, 0) is 4.79 Å². The fraction of sp³-hybridized carbons (Fsp3) is 0.238. The number of nitriles is 1. The van der Waals surface area contributed by atoms with Gasteiger partial charge in [-0.2, -0.15) is 5.26 Å². The highest BCUT2D eigenvalue weighted by Gasteiger charge is 2.14. The second-order valence-electron chi connectivity index (χ2n) is 5.87. The van der Waals surface area contributed by atoms with Crippen LogP contribution in [0.5, 0.6) is 11.5 Å². The molecular formula is C21H21BrN2O3. The van der Waals surface area contributed by atoms with Crippen molar-refractivity contribution in [3.63, 3.8) is 0 Å². The summed E-state index contributed by atoms with van der Waals surface area (Å²) in [4.78, 5) is 12.4. The molecule has 2 aromatic carbocycles. The summed E-state index contributed by atoms with van der Waals surface area (Å²) < 4.78 is 11.8. The molecule has 140 valence electrons. The number of ether oxygens (including phenoxy) is 2. The summed E-state index contributed by atoms with van der Waals surface area (Å²) >= 11 is 3.46. The Morgan fingerprint density at radius 1 is 1.30 bits per heavy atom. The quantitative estimate of drug-likeness (QED) is 0.491. The second-order valence-corrected chi connectivity index (χ2v) is 6.73. The van der Waals surface area contributed by atoms with Crippen LogP contribution in [0.25, 0.3) is 6.08 Å². The first-order chi connectivity index (χ1) is 13.0. The van der Waals surface area contributed by atoms with E-state index in [2.05, 4.69) is 21.2 Å². The maximum absolute atomic E-state index is 12.4. The minimum atomic E-state index is -0.470. The van der Waals surface area contributed by atoms with Crippen LogP contribution in [0.1, 0.15) is 24.5 Å². The van der Waals surface area contributed by atoms with Crippen molar-refractivity contribution in [1.82, 2.24) is 0 Å². The lowest BCUT2D eigenvalue weighted by Gasteiger charge is -2.13. The minimum Gasteiger partial charge on any atom is -0.493 e. The van der Waals surface area contributed by atoms with Gasteiger partial charge in [0.05, 0.1) is 18.2 Å². The number of benzene rings is 2. The fourth-order valence-corrected chi connectivity index (χ4v) is 2.89. The topological polar surface area (TPSA) is 71.3 Å². The average Bonchev–Trinajstić information content (AvgIpc) is 2.66. The van der Waals surface area contributed by atoms with Crippen LogP contribution in [-0.4, -0.2) is 19.6 Å². The van der Waals surface area contributed by atoms with Crippen LogP contribution in [0.2, 0.25) is 0 Å². The highest BCUT2D eigenvalue weighted by molar-refractivity contribution is 9.10. The average molecular weight is 429 g/mol. The van der Waals surface area contributed by atoms with Gasteiger partial charge in [0.2, 0.25) is 0 Å². The summed E-state index contributed by atoms with van der Waals surface area (Å²) in [6.45, 7) is 4.54. The number of hydrogen-bond acceptors (Lipinski definition) is 4. The van der Waals surface area contributed by atoms with Crippen LogP contribution in [0.3, 0.4) is 0 Å². The van der Waals surface area contributed by atoms with Crippen molar-refractivity contribution < 1.29 is 14.3 Å². The number of anilines is 1. The number of halogens is 1. The first-order valence-corrected chi connectivity index (χ1v) is 9.28. The van der Waals surface area contributed by atoms with Crippen LogP contribution >= 0.6 is 15.9 Å². The molecule has 2 aromatic rings. The van der Waals surface area contributed by atoms with Gasteiger partial charge in [0, 0.05) is 5.69 Å². The van der Waals surface area contributed by atoms with Crippen molar-refractivity contribution in [3.8, 4) is 17.6 Å². The van der Waals surface area contributed by atoms with Gasteiger partial charge in [-0.1, -0.05) is 24.6 Å². The summed E-state index contributed by atoms with van der Waals surface area (Å²) in [5, 5.41) is 12.1. The number of rotatable bonds is 7. The molecule has 0 aliphatic carbocycles. The molecule has 0 radical (unpaired) electrons. The van der Waals surface area contributed by atoms with Crippen LogP contribution in [0.4, 0.5) is 5.69 Å². The van der Waals surface area contributed by atoms with Crippen molar-refractivity contribution in [2.75, 3.05) is 19.0 Å². The summed E-state index contributed by atoms with van der Waals surface area (Å²) in [5.41, 5.74) is 2.37. The molecule has 0 unspecified atom stereocenters. The third-order valence-electron chi connectivity index (χ3n) is 3.69. The number of methoxy groups -OCH3 is 1. The molecule has 0 atom stereocenters. The molecule has 0 fully saturated rings. The van der Waals surface area contributed by atoms with Crippen molar-refractivity contribution in [1.29, 1.82) is 5.26 Å². The summed E-state index contributed by atoms with van der Waals surface area (Å²) in [7, 11) is 1.55. The van der Waals surface area contributed by atoms with E-state index >= 15 is 0 Å². The van der Waals surface area contributed by atoms with Gasteiger partial charge in [0.1, 0.15) is 11.6 Å². The first-order valence-electron chi connectivity index (χ1n) is 8.48. The SMILES string of the molecule is CCCOc1c(Br)cc(/C=C(/C#N)C(=O)Nc2ccc(C)cc2)cc1OC. The molecule has 5 nitrogen and oxygen atoms in total. The Hall–Kier alpha value is -2.78. The van der Waals surface area contributed by atoms with E-state index in [-0.39, 0.29) is 5.57 Å². The van der Waals surface area contributed by atoms with Gasteiger partial charge in [-0.15, -0.1) is 0 Å². The summed E-state index contributed by atoms with van der Waals surface area (Å²) in [5.74, 6) is 0.655. The first kappa shape index (κ1) is 20.5. The predicted molar refractivity (Wildman–Crippen MR) is 110 cm³/mol. The molecule has 0 bridgehead atoms. The number of nitrogens with one attached hydrogen (secondary N) is 1. The summed E-state index contributed by atoms with van der Waals surface area (Å²) in [6, 6.07) is 12.8. The van der Waals surface area contributed by atoms with Crippen LogP contribution < -0.4 is 14.8 Å². The van der Waals surface area contributed by atoms with E-state index < -0.39 is 5.91 Å². The lowest BCUT2D eigenvalue weighted by molar-refractivity contribution is -0.112. The predicted octanol–water partition coefficient (Wildman–Crippen LogP) is 5.10. The number of amides is 1. The van der Waals surface area contributed by atoms with E-state index in [1.807, 2.05) is 32.0 Å². The minimum absolute atomic E-state index is 0.00763. The summed E-state index contributed by atoms with van der Waals surface area (Å²) in [6.07, 6.45) is 2.38. The van der Waals surface area contributed by atoms with Crippen LogP contribution in [0, 0.1) is 18.3 Å². The molecule has 0 aromatic heterocycles. The number of hydrogen-bond donors (Lipinski definition) is 1. The van der Waals surface area contributed by atoms with E-state index in [1.54, 1.807) is 31.4 Å². The van der Waals surface area contributed by atoms with Gasteiger partial charge in [-0.3, -0.25) is 4.79 Å². The Kier molecular flexibility index (Phi) is 7.44. The second kappa shape index (κ2) is 9.79. The maximum Gasteiger partial charge on any atom is 0.266 e. The molecule has 0 aliphatic rings. The molecule has 0 heterocycles. The largest absolute Gasteiger partial charge is 0.493 e. The number of aryl methyl sites for hydroxylation is 1. The molecule has 0 aliphatic heterocycles. The molecule has 1 N–H and O–H groups in total. The van der Waals surface area contributed by atoms with Crippen molar-refractivity contribution in [2.45, 2.75) is 20.3 Å². The van der Waals surface area contributed by atoms with Gasteiger partial charge in [-0.25, -0.2) is 0 Å². The normalized spacial score (nSPS) is 10.9. The Balaban J connectivity index is 2.28. The number of carbonyl (C=O) groups is 1. The third-order valence-corrected chi connectivity index (χ3v) is 4.28. The van der Waals surface area contributed by atoms with Crippen molar-refractivity contribution in [3.05, 3.63) is 57.6 Å². The lowest BCUT2D eigenvalue weighted by atomic mass is 10.1. The van der Waals surface area contributed by atoms with Crippen molar-refractivity contribution >= 4 is 33.6 Å². The molecule has 6 heteroatoms. The molecule has 0 saturated heterocycles. The fourth-order valence-electron chi connectivity index (χ4n) is 2.32. The third kappa shape index (κ3) is 5.60. The van der Waals surface area contributed by atoms with Gasteiger partial charge in [0.25, 0.3) is 5.91 Å². The zero-order valence-electron chi connectivity index (χ0n) is 15.5. The molecule has 0 saturated carbocycles. The van der Waals surface area contributed by atoms with E-state index in [9.17, 15) is 10.1 Å².